The van der Waals surface area contributed by atoms with Crippen LogP contribution in [0.5, 0.6) is 17.2 Å². The Morgan fingerprint density at radius 2 is 1.97 bits per heavy atom. The number of nitrogens with zero attached hydrogens (tertiary/aromatic N) is 1. The molecule has 6 rings (SSSR count). The van der Waals surface area contributed by atoms with Crippen LogP contribution in [-0.2, 0) is 22.4 Å². The SMILES string of the molecule is Cl.NCC(=O)N1CCc2cc3ccc2C1c1cccc(c1)OCCCNC(=O)Cc1ccc(F)c(c1)O3. The molecule has 7 nitrogen and oxygen atoms in total. The zero-order chi connectivity index (χ0) is 25.1. The minimum absolute atomic E-state index is 0. The molecule has 3 aliphatic heterocycles. The molecule has 1 atom stereocenters. The van der Waals surface area contributed by atoms with Crippen LogP contribution in [0.3, 0.4) is 0 Å². The molecule has 194 valence electrons. The fourth-order valence-corrected chi connectivity index (χ4v) is 4.79. The average Bonchev–Trinajstić information content (AvgIpc) is 2.89. The van der Waals surface area contributed by atoms with Gasteiger partial charge in [0.15, 0.2) is 11.6 Å². The highest BCUT2D eigenvalue weighted by molar-refractivity contribution is 5.85. The summed E-state index contributed by atoms with van der Waals surface area (Å²) in [6.45, 7) is 1.30. The number of hydrogen-bond donors (Lipinski definition) is 2. The fraction of sp³-hybridized carbons (Fsp3) is 0.286. The first kappa shape index (κ1) is 26.4. The van der Waals surface area contributed by atoms with Crippen LogP contribution in [-0.4, -0.2) is 43.0 Å². The maximum absolute atomic E-state index is 14.6. The molecule has 3 aromatic rings. The van der Waals surface area contributed by atoms with Gasteiger partial charge in [-0.05, 0) is 71.5 Å². The molecule has 0 radical (unpaired) electrons. The lowest BCUT2D eigenvalue weighted by Gasteiger charge is -2.38. The minimum atomic E-state index is -0.505. The fourth-order valence-electron chi connectivity index (χ4n) is 4.79. The smallest absolute Gasteiger partial charge is 0.237 e. The first-order valence-corrected chi connectivity index (χ1v) is 12.1. The standard InChI is InChI=1S/C28H28FN3O4.ClH/c29-24-8-5-18-13-25(24)36-22-6-7-23-19(15-22)9-11-32(27(34)17-30)28(23)20-3-1-4-21(16-20)35-12-2-10-31-26(33)14-18;/h1,3-8,13,15-16,28H,2,9-12,14,17,30H2,(H,31,33);1H. The van der Waals surface area contributed by atoms with Crippen molar-refractivity contribution in [2.75, 3.05) is 26.2 Å². The van der Waals surface area contributed by atoms with Crippen LogP contribution in [0.15, 0.2) is 60.7 Å². The Hall–Kier alpha value is -3.62. The number of fused-ring (bicyclic) bond motifs is 7. The molecule has 8 bridgehead atoms. The molecular weight excluding hydrogens is 497 g/mol. The van der Waals surface area contributed by atoms with E-state index in [0.717, 1.165) is 16.7 Å². The van der Waals surface area contributed by atoms with Gasteiger partial charge in [-0.25, -0.2) is 4.39 Å². The first-order valence-electron chi connectivity index (χ1n) is 12.1. The molecule has 0 aromatic heterocycles. The quantitative estimate of drug-likeness (QED) is 0.502. The number of rotatable bonds is 1. The highest BCUT2D eigenvalue weighted by atomic mass is 35.5. The van der Waals surface area contributed by atoms with Crippen LogP contribution in [0.1, 0.15) is 34.7 Å². The lowest BCUT2D eigenvalue weighted by Crippen LogP contribution is -2.43. The Morgan fingerprint density at radius 3 is 2.81 bits per heavy atom. The summed E-state index contributed by atoms with van der Waals surface area (Å²) in [4.78, 5) is 26.9. The summed E-state index contributed by atoms with van der Waals surface area (Å²) in [7, 11) is 0. The molecule has 3 heterocycles. The van der Waals surface area contributed by atoms with Gasteiger partial charge in [0.05, 0.1) is 25.6 Å². The Kier molecular flexibility index (Phi) is 8.31. The number of nitrogens with one attached hydrogen (secondary N) is 1. The topological polar surface area (TPSA) is 93.9 Å². The van der Waals surface area contributed by atoms with E-state index in [1.54, 1.807) is 23.1 Å². The van der Waals surface area contributed by atoms with E-state index in [-0.39, 0.29) is 49.0 Å². The van der Waals surface area contributed by atoms with Gasteiger partial charge in [-0.2, -0.15) is 0 Å². The predicted molar refractivity (Wildman–Crippen MR) is 140 cm³/mol. The molecule has 0 saturated heterocycles. The van der Waals surface area contributed by atoms with Crippen molar-refractivity contribution in [3.05, 3.63) is 88.7 Å². The summed E-state index contributed by atoms with van der Waals surface area (Å²) in [5.74, 6) is 0.445. The Balaban J connectivity index is 0.00000320. The summed E-state index contributed by atoms with van der Waals surface area (Å²) in [6, 6.07) is 17.4. The third-order valence-corrected chi connectivity index (χ3v) is 6.51. The molecule has 3 N–H and O–H groups in total. The van der Waals surface area contributed by atoms with Crippen LogP contribution in [0, 0.1) is 5.82 Å². The van der Waals surface area contributed by atoms with Gasteiger partial charge >= 0.3 is 0 Å². The van der Waals surface area contributed by atoms with Crippen LogP contribution in [0.4, 0.5) is 4.39 Å². The number of nitrogens with two attached hydrogens (primary N) is 1. The van der Waals surface area contributed by atoms with Crippen molar-refractivity contribution < 1.29 is 23.5 Å². The lowest BCUT2D eigenvalue weighted by atomic mass is 9.87. The van der Waals surface area contributed by atoms with Gasteiger partial charge in [-0.1, -0.05) is 24.3 Å². The highest BCUT2D eigenvalue weighted by Crippen LogP contribution is 2.39. The van der Waals surface area contributed by atoms with E-state index < -0.39 is 5.82 Å². The van der Waals surface area contributed by atoms with E-state index in [2.05, 4.69) is 5.32 Å². The molecule has 0 aliphatic carbocycles. The zero-order valence-electron chi connectivity index (χ0n) is 20.2. The summed E-state index contributed by atoms with van der Waals surface area (Å²) in [5.41, 5.74) is 9.28. The number of amides is 2. The number of carbonyl (C=O) groups is 2. The number of ether oxygens (including phenoxy) is 2. The summed E-state index contributed by atoms with van der Waals surface area (Å²) >= 11 is 0. The summed E-state index contributed by atoms with van der Waals surface area (Å²) < 4.78 is 26.4. The molecule has 37 heavy (non-hydrogen) atoms. The van der Waals surface area contributed by atoms with Crippen LogP contribution >= 0.6 is 12.4 Å². The van der Waals surface area contributed by atoms with E-state index in [4.69, 9.17) is 15.2 Å². The maximum Gasteiger partial charge on any atom is 0.237 e. The molecular formula is C28H29ClFN3O4. The van der Waals surface area contributed by atoms with Gasteiger partial charge in [-0.15, -0.1) is 12.4 Å². The third-order valence-electron chi connectivity index (χ3n) is 6.51. The van der Waals surface area contributed by atoms with Crippen molar-refractivity contribution in [3.63, 3.8) is 0 Å². The van der Waals surface area contributed by atoms with Crippen LogP contribution < -0.4 is 20.5 Å². The second-order valence-corrected chi connectivity index (χ2v) is 8.97. The van der Waals surface area contributed by atoms with E-state index in [9.17, 15) is 14.0 Å². The second-order valence-electron chi connectivity index (χ2n) is 8.97. The predicted octanol–water partition coefficient (Wildman–Crippen LogP) is 3.91. The Bertz CT molecular complexity index is 1300. The summed E-state index contributed by atoms with van der Waals surface area (Å²) in [5, 5.41) is 2.87. The molecule has 0 saturated carbocycles. The first-order chi connectivity index (χ1) is 17.5. The van der Waals surface area contributed by atoms with Gasteiger partial charge in [0, 0.05) is 13.1 Å². The summed E-state index contributed by atoms with van der Waals surface area (Å²) in [6.07, 6.45) is 1.37. The number of benzene rings is 3. The molecule has 1 unspecified atom stereocenters. The highest BCUT2D eigenvalue weighted by Gasteiger charge is 2.32. The lowest BCUT2D eigenvalue weighted by molar-refractivity contribution is -0.131. The van der Waals surface area contributed by atoms with Gasteiger partial charge in [0.25, 0.3) is 0 Å². The van der Waals surface area contributed by atoms with Crippen molar-refractivity contribution in [2.45, 2.75) is 25.3 Å². The van der Waals surface area contributed by atoms with Crippen LogP contribution in [0.25, 0.3) is 0 Å². The van der Waals surface area contributed by atoms with E-state index >= 15 is 0 Å². The molecule has 9 heteroatoms. The van der Waals surface area contributed by atoms with Crippen molar-refractivity contribution in [2.24, 2.45) is 5.73 Å². The molecule has 0 spiro atoms. The normalized spacial score (nSPS) is 17.2. The minimum Gasteiger partial charge on any atom is -0.494 e. The second kappa shape index (κ2) is 11.6. The Labute approximate surface area is 221 Å². The number of hydrogen-bond acceptors (Lipinski definition) is 5. The van der Waals surface area contributed by atoms with E-state index in [1.807, 2.05) is 36.4 Å². The Morgan fingerprint density at radius 1 is 1.11 bits per heavy atom. The third kappa shape index (κ3) is 5.87. The number of halogens is 2. The van der Waals surface area contributed by atoms with Crippen molar-refractivity contribution in [3.8, 4) is 17.2 Å². The van der Waals surface area contributed by atoms with Crippen molar-refractivity contribution >= 4 is 24.2 Å². The van der Waals surface area contributed by atoms with Crippen LogP contribution in [0.2, 0.25) is 0 Å². The van der Waals surface area contributed by atoms with Crippen molar-refractivity contribution in [1.82, 2.24) is 10.2 Å². The number of carbonyl (C=O) groups excluding carboxylic acids is 2. The van der Waals surface area contributed by atoms with Gasteiger partial charge < -0.3 is 25.4 Å². The largest absolute Gasteiger partial charge is 0.494 e. The van der Waals surface area contributed by atoms with Gasteiger partial charge in [0.2, 0.25) is 11.8 Å². The monoisotopic (exact) mass is 525 g/mol. The van der Waals surface area contributed by atoms with Gasteiger partial charge in [0.1, 0.15) is 11.5 Å². The van der Waals surface area contributed by atoms with Gasteiger partial charge in [-0.3, -0.25) is 9.59 Å². The molecule has 0 fully saturated rings. The van der Waals surface area contributed by atoms with Crippen molar-refractivity contribution in [1.29, 1.82) is 0 Å². The maximum atomic E-state index is 14.6. The van der Waals surface area contributed by atoms with E-state index in [1.165, 1.54) is 6.07 Å². The molecule has 3 aliphatic rings. The molecule has 3 aromatic carbocycles. The van der Waals surface area contributed by atoms with E-state index in [0.29, 0.717) is 49.6 Å². The average molecular weight is 526 g/mol. The molecule has 2 amide bonds. The zero-order valence-corrected chi connectivity index (χ0v) is 21.1.